The van der Waals surface area contributed by atoms with Crippen molar-refractivity contribution in [3.63, 3.8) is 0 Å². The Hall–Kier alpha value is -3.17. The number of carbonyl (C=O) groups is 1. The lowest BCUT2D eigenvalue weighted by atomic mass is 9.94. The molecule has 1 aliphatic rings. The third-order valence-electron chi connectivity index (χ3n) is 6.47. The van der Waals surface area contributed by atoms with Crippen LogP contribution in [0.5, 0.6) is 0 Å². The minimum absolute atomic E-state index is 0.116. The Morgan fingerprint density at radius 3 is 2.10 bits per heavy atom. The van der Waals surface area contributed by atoms with E-state index in [1.807, 2.05) is 48.5 Å². The molecule has 0 unspecified atom stereocenters. The predicted molar refractivity (Wildman–Crippen MR) is 126 cm³/mol. The lowest BCUT2D eigenvalue weighted by molar-refractivity contribution is 0.103. The van der Waals surface area contributed by atoms with Crippen LogP contribution in [-0.2, 0) is 13.1 Å². The summed E-state index contributed by atoms with van der Waals surface area (Å²) in [6.07, 6.45) is 6.94. The molecule has 156 valence electrons. The molecule has 0 atom stereocenters. The van der Waals surface area contributed by atoms with Crippen LogP contribution < -0.4 is 0 Å². The zero-order valence-electron chi connectivity index (χ0n) is 17.8. The predicted octanol–water partition coefficient (Wildman–Crippen LogP) is 5.78. The van der Waals surface area contributed by atoms with Gasteiger partial charge in [0.15, 0.2) is 5.78 Å². The summed E-state index contributed by atoms with van der Waals surface area (Å²) >= 11 is 0. The van der Waals surface area contributed by atoms with E-state index in [2.05, 4.69) is 52.2 Å². The highest BCUT2D eigenvalue weighted by Crippen LogP contribution is 2.24. The molecular formula is C28H28N2O. The second-order valence-electron chi connectivity index (χ2n) is 8.66. The second-order valence-corrected chi connectivity index (χ2v) is 8.66. The summed E-state index contributed by atoms with van der Waals surface area (Å²) in [4.78, 5) is 15.5. The molecule has 1 fully saturated rings. The Morgan fingerprint density at radius 2 is 1.39 bits per heavy atom. The van der Waals surface area contributed by atoms with E-state index in [1.165, 1.54) is 23.6 Å². The summed E-state index contributed by atoms with van der Waals surface area (Å²) in [7, 11) is 0. The normalized spacial score (nSPS) is 15.4. The molecule has 3 nitrogen and oxygen atoms in total. The van der Waals surface area contributed by atoms with Gasteiger partial charge in [-0.25, -0.2) is 0 Å². The van der Waals surface area contributed by atoms with Crippen LogP contribution in [0.25, 0.3) is 10.8 Å². The van der Waals surface area contributed by atoms with Crippen molar-refractivity contribution in [2.24, 2.45) is 5.92 Å². The number of fused-ring (bicyclic) bond motifs is 1. The van der Waals surface area contributed by atoms with Crippen molar-refractivity contribution in [2.75, 3.05) is 13.1 Å². The summed E-state index contributed by atoms with van der Waals surface area (Å²) in [6.45, 7) is 4.10. The molecule has 2 heterocycles. The van der Waals surface area contributed by atoms with Crippen LogP contribution >= 0.6 is 0 Å². The Kier molecular flexibility index (Phi) is 5.68. The first-order valence-corrected chi connectivity index (χ1v) is 11.2. The van der Waals surface area contributed by atoms with Gasteiger partial charge < -0.3 is 4.57 Å². The van der Waals surface area contributed by atoms with Gasteiger partial charge in [0.2, 0.25) is 0 Å². The molecule has 1 saturated heterocycles. The Balaban J connectivity index is 1.21. The summed E-state index contributed by atoms with van der Waals surface area (Å²) in [5.74, 6) is 0.824. The first-order valence-electron chi connectivity index (χ1n) is 11.2. The summed E-state index contributed by atoms with van der Waals surface area (Å²) < 4.78 is 2.36. The van der Waals surface area contributed by atoms with E-state index < -0.39 is 0 Å². The quantitative estimate of drug-likeness (QED) is 0.378. The van der Waals surface area contributed by atoms with Crippen molar-refractivity contribution >= 4 is 16.6 Å². The van der Waals surface area contributed by atoms with E-state index in [-0.39, 0.29) is 5.78 Å². The van der Waals surface area contributed by atoms with E-state index in [9.17, 15) is 4.79 Å². The fourth-order valence-corrected chi connectivity index (χ4v) is 4.74. The van der Waals surface area contributed by atoms with Gasteiger partial charge in [-0.1, -0.05) is 78.9 Å². The minimum atomic E-state index is 0.116. The molecule has 0 amide bonds. The number of likely N-dealkylation sites (tertiary alicyclic amines) is 1. The van der Waals surface area contributed by atoms with Gasteiger partial charge >= 0.3 is 0 Å². The number of nitrogens with zero attached hydrogens (tertiary/aromatic N) is 2. The highest BCUT2D eigenvalue weighted by molar-refractivity contribution is 6.09. The zero-order valence-corrected chi connectivity index (χ0v) is 17.8. The molecular weight excluding hydrogens is 380 g/mol. The molecule has 0 saturated carbocycles. The van der Waals surface area contributed by atoms with Crippen LogP contribution in [0.15, 0.2) is 91.3 Å². The second kappa shape index (κ2) is 8.91. The molecule has 5 rings (SSSR count). The van der Waals surface area contributed by atoms with Crippen LogP contribution in [0.3, 0.4) is 0 Å². The lowest BCUT2D eigenvalue weighted by Gasteiger charge is -2.32. The van der Waals surface area contributed by atoms with Gasteiger partial charge in [0.1, 0.15) is 0 Å². The number of ketones is 1. The summed E-state index contributed by atoms with van der Waals surface area (Å²) in [5, 5.41) is 2.64. The smallest absolute Gasteiger partial charge is 0.193 e. The van der Waals surface area contributed by atoms with Crippen molar-refractivity contribution in [1.82, 2.24) is 9.47 Å². The number of benzene rings is 3. The first kappa shape index (κ1) is 19.8. The molecule has 0 N–H and O–H groups in total. The van der Waals surface area contributed by atoms with E-state index >= 15 is 0 Å². The standard InChI is InChI=1S/C28H28N2O/c31-28(23-8-2-1-3-9-23)27-13-7-6-12-26(27)21-29-16-14-22(15-17-29)18-30-19-24-10-4-5-11-25(24)20-30/h1-13,19-20,22H,14-18,21H2. The van der Waals surface area contributed by atoms with Crippen LogP contribution in [0.2, 0.25) is 0 Å². The molecule has 0 bridgehead atoms. The van der Waals surface area contributed by atoms with Gasteiger partial charge in [-0.05, 0) is 48.2 Å². The molecule has 0 aliphatic carbocycles. The van der Waals surface area contributed by atoms with Crippen LogP contribution in [-0.4, -0.2) is 28.3 Å². The maximum absolute atomic E-state index is 13.0. The number of hydrogen-bond donors (Lipinski definition) is 0. The molecule has 0 spiro atoms. The van der Waals surface area contributed by atoms with E-state index in [1.54, 1.807) is 0 Å². The van der Waals surface area contributed by atoms with Crippen molar-refractivity contribution in [1.29, 1.82) is 0 Å². The van der Waals surface area contributed by atoms with Crippen molar-refractivity contribution in [3.05, 3.63) is 108 Å². The SMILES string of the molecule is O=C(c1ccccc1)c1ccccc1CN1CCC(Cn2cc3ccccc3c2)CC1. The fourth-order valence-electron chi connectivity index (χ4n) is 4.74. The van der Waals surface area contributed by atoms with Gasteiger partial charge in [0, 0.05) is 36.6 Å². The zero-order chi connectivity index (χ0) is 21.0. The molecule has 3 heteroatoms. The largest absolute Gasteiger partial charge is 0.353 e. The molecule has 1 aliphatic heterocycles. The fraction of sp³-hybridized carbons (Fsp3) is 0.250. The minimum Gasteiger partial charge on any atom is -0.353 e. The number of carbonyl (C=O) groups excluding carboxylic acids is 1. The number of rotatable bonds is 6. The van der Waals surface area contributed by atoms with Crippen LogP contribution in [0.4, 0.5) is 0 Å². The summed E-state index contributed by atoms with van der Waals surface area (Å²) in [5.41, 5.74) is 2.72. The summed E-state index contributed by atoms with van der Waals surface area (Å²) in [6, 6.07) is 26.2. The molecule has 31 heavy (non-hydrogen) atoms. The maximum Gasteiger partial charge on any atom is 0.193 e. The lowest BCUT2D eigenvalue weighted by Crippen LogP contribution is -2.34. The van der Waals surface area contributed by atoms with Gasteiger partial charge in [-0.2, -0.15) is 0 Å². The van der Waals surface area contributed by atoms with E-state index in [0.717, 1.165) is 42.9 Å². The topological polar surface area (TPSA) is 25.2 Å². The number of piperidine rings is 1. The van der Waals surface area contributed by atoms with Gasteiger partial charge in [0.05, 0.1) is 0 Å². The Bertz CT molecular complexity index is 1140. The van der Waals surface area contributed by atoms with Crippen molar-refractivity contribution in [3.8, 4) is 0 Å². The van der Waals surface area contributed by atoms with Gasteiger partial charge in [-0.15, -0.1) is 0 Å². The van der Waals surface area contributed by atoms with E-state index in [4.69, 9.17) is 0 Å². The monoisotopic (exact) mass is 408 g/mol. The van der Waals surface area contributed by atoms with Crippen molar-refractivity contribution < 1.29 is 4.79 Å². The first-order chi connectivity index (χ1) is 15.3. The van der Waals surface area contributed by atoms with Gasteiger partial charge in [-0.3, -0.25) is 9.69 Å². The molecule has 1 aromatic heterocycles. The van der Waals surface area contributed by atoms with E-state index in [0.29, 0.717) is 5.92 Å². The van der Waals surface area contributed by atoms with Gasteiger partial charge in [0.25, 0.3) is 0 Å². The van der Waals surface area contributed by atoms with Crippen LogP contribution in [0, 0.1) is 5.92 Å². The average Bonchev–Trinajstić information content (AvgIpc) is 3.23. The third-order valence-corrected chi connectivity index (χ3v) is 6.47. The molecule has 3 aromatic carbocycles. The number of hydrogen-bond acceptors (Lipinski definition) is 2. The Morgan fingerprint density at radius 1 is 0.774 bits per heavy atom. The average molecular weight is 409 g/mol. The molecule has 0 radical (unpaired) electrons. The highest BCUT2D eigenvalue weighted by atomic mass is 16.1. The third kappa shape index (κ3) is 4.47. The van der Waals surface area contributed by atoms with Crippen molar-refractivity contribution in [2.45, 2.75) is 25.9 Å². The molecule has 4 aromatic rings. The number of aromatic nitrogens is 1. The maximum atomic E-state index is 13.0. The van der Waals surface area contributed by atoms with Crippen LogP contribution in [0.1, 0.15) is 34.3 Å². The highest BCUT2D eigenvalue weighted by Gasteiger charge is 2.21. The Labute approximate surface area is 183 Å².